The number of carbonyl (C=O) groups excluding carboxylic acids is 3. The van der Waals surface area contributed by atoms with E-state index in [0.717, 1.165) is 25.7 Å². The highest BCUT2D eigenvalue weighted by Crippen LogP contribution is 2.37. The minimum absolute atomic E-state index is 0.127. The summed E-state index contributed by atoms with van der Waals surface area (Å²) in [4.78, 5) is 45.5. The highest BCUT2D eigenvalue weighted by molar-refractivity contribution is 7.15. The van der Waals surface area contributed by atoms with E-state index < -0.39 is 12.0 Å². The molecule has 2 fully saturated rings. The molecular formula is C29H42N2O6S. The van der Waals surface area contributed by atoms with Gasteiger partial charge in [-0.1, -0.05) is 18.8 Å². The Morgan fingerprint density at radius 1 is 1.16 bits per heavy atom. The molecule has 1 saturated heterocycles. The molecule has 0 N–H and O–H groups in total. The molecule has 1 atom stereocenters. The maximum atomic E-state index is 14.3. The summed E-state index contributed by atoms with van der Waals surface area (Å²) in [6, 6.07) is 0.951. The lowest BCUT2D eigenvalue weighted by Crippen LogP contribution is -2.55. The van der Waals surface area contributed by atoms with Crippen molar-refractivity contribution < 1.29 is 28.6 Å². The SMILES string of the molecule is COCCC(C(=O)N1CCOCC1)N(C(=O)C1CCC(C)CC1)c1cc(C#CC(C)(C)C)sc1C(=O)OC. The van der Waals surface area contributed by atoms with Crippen LogP contribution in [-0.2, 0) is 23.8 Å². The Kier molecular flexibility index (Phi) is 10.8. The van der Waals surface area contributed by atoms with Crippen LogP contribution in [0.25, 0.3) is 0 Å². The molecule has 8 nitrogen and oxygen atoms in total. The largest absolute Gasteiger partial charge is 0.465 e. The smallest absolute Gasteiger partial charge is 0.350 e. The molecular weight excluding hydrogens is 504 g/mol. The molecule has 38 heavy (non-hydrogen) atoms. The van der Waals surface area contributed by atoms with Crippen LogP contribution in [0.3, 0.4) is 0 Å². The van der Waals surface area contributed by atoms with E-state index in [4.69, 9.17) is 14.2 Å². The molecule has 1 saturated carbocycles. The van der Waals surface area contributed by atoms with E-state index in [1.165, 1.54) is 18.4 Å². The lowest BCUT2D eigenvalue weighted by atomic mass is 9.82. The molecule has 1 aromatic heterocycles. The van der Waals surface area contributed by atoms with Gasteiger partial charge in [-0.25, -0.2) is 4.79 Å². The van der Waals surface area contributed by atoms with Crippen LogP contribution in [0.4, 0.5) is 5.69 Å². The number of ether oxygens (including phenoxy) is 3. The van der Waals surface area contributed by atoms with Crippen molar-refractivity contribution in [3.63, 3.8) is 0 Å². The number of esters is 1. The van der Waals surface area contributed by atoms with Crippen molar-refractivity contribution in [3.05, 3.63) is 15.8 Å². The molecule has 1 aliphatic carbocycles. The molecule has 2 amide bonds. The number of amides is 2. The van der Waals surface area contributed by atoms with E-state index in [1.54, 1.807) is 23.0 Å². The number of hydrogen-bond donors (Lipinski definition) is 0. The minimum Gasteiger partial charge on any atom is -0.465 e. The van der Waals surface area contributed by atoms with Crippen molar-refractivity contribution in [1.82, 2.24) is 4.90 Å². The summed E-state index contributed by atoms with van der Waals surface area (Å²) in [7, 11) is 2.90. The van der Waals surface area contributed by atoms with Crippen LogP contribution in [0.1, 0.15) is 74.3 Å². The van der Waals surface area contributed by atoms with Crippen molar-refractivity contribution in [3.8, 4) is 11.8 Å². The first-order valence-electron chi connectivity index (χ1n) is 13.5. The second kappa shape index (κ2) is 13.6. The zero-order chi connectivity index (χ0) is 27.9. The molecule has 0 bridgehead atoms. The van der Waals surface area contributed by atoms with E-state index in [-0.39, 0.29) is 28.0 Å². The Hall–Kier alpha value is -2.41. The van der Waals surface area contributed by atoms with Gasteiger partial charge in [0, 0.05) is 44.6 Å². The normalized spacial score (nSPS) is 20.7. The van der Waals surface area contributed by atoms with Gasteiger partial charge in [-0.3, -0.25) is 14.5 Å². The standard InChI is InChI=1S/C29H42N2O6S/c1-20-7-9-21(10-8-20)26(32)31(23(12-16-35-5)27(33)30-14-17-37-18-15-30)24-19-22(11-13-29(2,3)4)38-25(24)28(34)36-6/h19-21,23H,7-10,12,14-18H2,1-6H3. The third kappa shape index (κ3) is 7.81. The summed E-state index contributed by atoms with van der Waals surface area (Å²) in [5, 5.41) is 0. The van der Waals surface area contributed by atoms with E-state index in [9.17, 15) is 14.4 Å². The Bertz CT molecular complexity index is 1040. The molecule has 1 aromatic rings. The Morgan fingerprint density at radius 2 is 1.82 bits per heavy atom. The summed E-state index contributed by atoms with van der Waals surface area (Å²) in [6.07, 6.45) is 3.74. The van der Waals surface area contributed by atoms with Crippen LogP contribution in [-0.4, -0.2) is 75.9 Å². The number of anilines is 1. The van der Waals surface area contributed by atoms with Crippen LogP contribution >= 0.6 is 11.3 Å². The van der Waals surface area contributed by atoms with Gasteiger partial charge in [0.1, 0.15) is 10.9 Å². The maximum absolute atomic E-state index is 14.3. The quantitative estimate of drug-likeness (QED) is 0.356. The van der Waals surface area contributed by atoms with E-state index >= 15 is 0 Å². The van der Waals surface area contributed by atoms with Gasteiger partial charge in [0.05, 0.1) is 30.9 Å². The lowest BCUT2D eigenvalue weighted by Gasteiger charge is -2.38. The van der Waals surface area contributed by atoms with Crippen molar-refractivity contribution in [1.29, 1.82) is 0 Å². The third-order valence-electron chi connectivity index (χ3n) is 7.02. The average Bonchev–Trinajstić information content (AvgIpc) is 3.33. The highest BCUT2D eigenvalue weighted by atomic mass is 32.1. The topological polar surface area (TPSA) is 85.4 Å². The number of carbonyl (C=O) groups is 3. The van der Waals surface area contributed by atoms with Crippen LogP contribution in [0.15, 0.2) is 6.07 Å². The average molecular weight is 547 g/mol. The van der Waals surface area contributed by atoms with Crippen LogP contribution in [0.5, 0.6) is 0 Å². The van der Waals surface area contributed by atoms with Gasteiger partial charge in [-0.2, -0.15) is 0 Å². The summed E-state index contributed by atoms with van der Waals surface area (Å²) in [6.45, 7) is 10.4. The number of nitrogens with zero attached hydrogens (tertiary/aromatic N) is 2. The van der Waals surface area contributed by atoms with Crippen molar-refractivity contribution in [2.75, 3.05) is 52.0 Å². The predicted octanol–water partition coefficient (Wildman–Crippen LogP) is 4.36. The Balaban J connectivity index is 2.13. The van der Waals surface area contributed by atoms with Gasteiger partial charge >= 0.3 is 5.97 Å². The Morgan fingerprint density at radius 3 is 2.39 bits per heavy atom. The van der Waals surface area contributed by atoms with E-state index in [2.05, 4.69) is 18.8 Å². The number of hydrogen-bond acceptors (Lipinski definition) is 7. The zero-order valence-corrected chi connectivity index (χ0v) is 24.4. The molecule has 0 aromatic carbocycles. The molecule has 0 radical (unpaired) electrons. The molecule has 2 aliphatic rings. The van der Waals surface area contributed by atoms with Crippen molar-refractivity contribution in [2.45, 2.75) is 65.8 Å². The number of morpholine rings is 1. The third-order valence-corrected chi connectivity index (χ3v) is 8.04. The second-order valence-electron chi connectivity index (χ2n) is 11.2. The molecule has 0 spiro atoms. The van der Waals surface area contributed by atoms with Crippen LogP contribution in [0, 0.1) is 29.1 Å². The van der Waals surface area contributed by atoms with Crippen molar-refractivity contribution in [2.24, 2.45) is 17.3 Å². The highest BCUT2D eigenvalue weighted by Gasteiger charge is 2.40. The maximum Gasteiger partial charge on any atom is 0.350 e. The zero-order valence-electron chi connectivity index (χ0n) is 23.6. The van der Waals surface area contributed by atoms with Gasteiger partial charge in [-0.15, -0.1) is 11.3 Å². The van der Waals surface area contributed by atoms with Gasteiger partial charge in [0.25, 0.3) is 0 Å². The Labute approximate surface area is 231 Å². The van der Waals surface area contributed by atoms with Gasteiger partial charge in [0.2, 0.25) is 11.8 Å². The minimum atomic E-state index is -0.818. The summed E-state index contributed by atoms with van der Waals surface area (Å²) in [5.74, 6) is 5.88. The van der Waals surface area contributed by atoms with Gasteiger partial charge < -0.3 is 19.1 Å². The van der Waals surface area contributed by atoms with Gasteiger partial charge in [-0.05, 0) is 58.4 Å². The van der Waals surface area contributed by atoms with Gasteiger partial charge in [0.15, 0.2) is 0 Å². The van der Waals surface area contributed by atoms with Crippen LogP contribution < -0.4 is 4.90 Å². The number of rotatable bonds is 8. The van der Waals surface area contributed by atoms with Crippen molar-refractivity contribution >= 4 is 34.8 Å². The number of methoxy groups -OCH3 is 2. The lowest BCUT2D eigenvalue weighted by molar-refractivity contribution is -0.139. The molecule has 1 unspecified atom stereocenters. The molecule has 210 valence electrons. The predicted molar refractivity (Wildman–Crippen MR) is 148 cm³/mol. The monoisotopic (exact) mass is 546 g/mol. The van der Waals surface area contributed by atoms with E-state index in [1.807, 2.05) is 20.8 Å². The summed E-state index contributed by atoms with van der Waals surface area (Å²) in [5.41, 5.74) is 0.156. The second-order valence-corrected chi connectivity index (χ2v) is 12.3. The summed E-state index contributed by atoms with van der Waals surface area (Å²) >= 11 is 1.20. The molecule has 9 heteroatoms. The molecule has 3 rings (SSSR count). The fourth-order valence-electron chi connectivity index (χ4n) is 4.84. The van der Waals surface area contributed by atoms with E-state index in [0.29, 0.717) is 55.8 Å². The first-order valence-corrected chi connectivity index (χ1v) is 14.3. The van der Waals surface area contributed by atoms with Crippen LogP contribution in [0.2, 0.25) is 0 Å². The summed E-state index contributed by atoms with van der Waals surface area (Å²) < 4.78 is 15.9. The number of thiophene rings is 1. The fourth-order valence-corrected chi connectivity index (χ4v) is 5.76. The molecule has 1 aliphatic heterocycles. The first kappa shape index (κ1) is 30.1. The molecule has 2 heterocycles. The first-order chi connectivity index (χ1) is 18.1. The fraction of sp³-hybridized carbons (Fsp3) is 0.690.